The summed E-state index contributed by atoms with van der Waals surface area (Å²) in [6.45, 7) is 2.79. The fourth-order valence-corrected chi connectivity index (χ4v) is 2.39. The summed E-state index contributed by atoms with van der Waals surface area (Å²) in [5.74, 6) is 0.341. The summed E-state index contributed by atoms with van der Waals surface area (Å²) in [6.07, 6.45) is 1.82. The standard InChI is InChI=1S/C17H28N2O4/c1-19(2)9-5-7-18-8-6-13-10-15(22-3)16(23-4)11-14(13)12-17(20)21/h10-11,18H,5-9,12H2,1-4H3,(H,20,21). The number of nitrogens with one attached hydrogen (secondary N) is 1. The van der Waals surface area contributed by atoms with E-state index in [-0.39, 0.29) is 6.42 Å². The summed E-state index contributed by atoms with van der Waals surface area (Å²) >= 11 is 0. The Hall–Kier alpha value is -1.79. The molecule has 0 aliphatic rings. The third kappa shape index (κ3) is 6.88. The van der Waals surface area contributed by atoms with E-state index in [0.29, 0.717) is 11.5 Å². The highest BCUT2D eigenvalue weighted by Gasteiger charge is 2.13. The Bertz CT molecular complexity index is 504. The van der Waals surface area contributed by atoms with Crippen molar-refractivity contribution in [3.63, 3.8) is 0 Å². The quantitative estimate of drug-likeness (QED) is 0.600. The van der Waals surface area contributed by atoms with Crippen LogP contribution in [0.15, 0.2) is 12.1 Å². The molecule has 0 aliphatic carbocycles. The van der Waals surface area contributed by atoms with Gasteiger partial charge < -0.3 is 24.8 Å². The maximum atomic E-state index is 11.1. The Morgan fingerprint density at radius 2 is 1.74 bits per heavy atom. The van der Waals surface area contributed by atoms with Crippen LogP contribution in [0.3, 0.4) is 0 Å². The first kappa shape index (κ1) is 19.3. The lowest BCUT2D eigenvalue weighted by Crippen LogP contribution is -2.23. The Morgan fingerprint density at radius 1 is 1.13 bits per heavy atom. The van der Waals surface area contributed by atoms with E-state index in [4.69, 9.17) is 14.6 Å². The first-order valence-electron chi connectivity index (χ1n) is 7.79. The van der Waals surface area contributed by atoms with Gasteiger partial charge in [-0.25, -0.2) is 0 Å². The van der Waals surface area contributed by atoms with Gasteiger partial charge in [-0.15, -0.1) is 0 Å². The number of nitrogens with zero attached hydrogens (tertiary/aromatic N) is 1. The topological polar surface area (TPSA) is 71.0 Å². The summed E-state index contributed by atoms with van der Waals surface area (Å²) in [5.41, 5.74) is 1.75. The van der Waals surface area contributed by atoms with E-state index in [0.717, 1.165) is 43.6 Å². The van der Waals surface area contributed by atoms with Gasteiger partial charge in [-0.2, -0.15) is 0 Å². The molecule has 0 saturated carbocycles. The molecule has 0 saturated heterocycles. The summed E-state index contributed by atoms with van der Waals surface area (Å²) in [4.78, 5) is 13.2. The third-order valence-electron chi connectivity index (χ3n) is 3.58. The van der Waals surface area contributed by atoms with Crippen molar-refractivity contribution in [1.82, 2.24) is 10.2 Å². The maximum absolute atomic E-state index is 11.1. The normalized spacial score (nSPS) is 10.8. The first-order valence-corrected chi connectivity index (χ1v) is 7.79. The Kier molecular flexibility index (Phi) is 8.43. The minimum Gasteiger partial charge on any atom is -0.493 e. The van der Waals surface area contributed by atoms with Gasteiger partial charge in [-0.3, -0.25) is 4.79 Å². The second-order valence-electron chi connectivity index (χ2n) is 5.70. The van der Waals surface area contributed by atoms with Gasteiger partial charge in [0.25, 0.3) is 0 Å². The van der Waals surface area contributed by atoms with Crippen molar-refractivity contribution in [3.05, 3.63) is 23.3 Å². The van der Waals surface area contributed by atoms with Crippen LogP contribution in [-0.4, -0.2) is 63.9 Å². The molecule has 0 aliphatic heterocycles. The molecule has 0 spiro atoms. The number of carboxylic acids is 1. The zero-order valence-corrected chi connectivity index (χ0v) is 14.5. The molecule has 1 aromatic rings. The van der Waals surface area contributed by atoms with Gasteiger partial charge in [-0.1, -0.05) is 0 Å². The van der Waals surface area contributed by atoms with Crippen molar-refractivity contribution in [2.24, 2.45) is 0 Å². The summed E-state index contributed by atoms with van der Waals surface area (Å²) in [6, 6.07) is 3.63. The highest BCUT2D eigenvalue weighted by molar-refractivity contribution is 5.71. The van der Waals surface area contributed by atoms with E-state index in [1.807, 2.05) is 6.07 Å². The lowest BCUT2D eigenvalue weighted by atomic mass is 10.0. The molecule has 2 N–H and O–H groups in total. The van der Waals surface area contributed by atoms with Crippen molar-refractivity contribution in [1.29, 1.82) is 0 Å². The molecule has 130 valence electrons. The number of methoxy groups -OCH3 is 2. The average molecular weight is 324 g/mol. The fraction of sp³-hybridized carbons (Fsp3) is 0.588. The molecule has 6 nitrogen and oxygen atoms in total. The van der Waals surface area contributed by atoms with Gasteiger partial charge in [0.2, 0.25) is 0 Å². The van der Waals surface area contributed by atoms with Gasteiger partial charge in [0.15, 0.2) is 11.5 Å². The zero-order valence-electron chi connectivity index (χ0n) is 14.5. The number of hydrogen-bond acceptors (Lipinski definition) is 5. The van der Waals surface area contributed by atoms with E-state index in [1.54, 1.807) is 20.3 Å². The molecule has 0 heterocycles. The Morgan fingerprint density at radius 3 is 2.26 bits per heavy atom. The van der Waals surface area contributed by atoms with Crippen LogP contribution in [0.2, 0.25) is 0 Å². The second-order valence-corrected chi connectivity index (χ2v) is 5.70. The van der Waals surface area contributed by atoms with Crippen LogP contribution in [0.5, 0.6) is 11.5 Å². The molecule has 0 unspecified atom stereocenters. The van der Waals surface area contributed by atoms with Crippen LogP contribution >= 0.6 is 0 Å². The fourth-order valence-electron chi connectivity index (χ4n) is 2.39. The van der Waals surface area contributed by atoms with E-state index in [2.05, 4.69) is 24.3 Å². The number of benzene rings is 1. The van der Waals surface area contributed by atoms with Crippen LogP contribution in [0.4, 0.5) is 0 Å². The predicted molar refractivity (Wildman–Crippen MR) is 90.6 cm³/mol. The van der Waals surface area contributed by atoms with Gasteiger partial charge in [0.1, 0.15) is 0 Å². The van der Waals surface area contributed by atoms with Crippen LogP contribution in [0.25, 0.3) is 0 Å². The van der Waals surface area contributed by atoms with E-state index in [9.17, 15) is 4.79 Å². The van der Waals surface area contributed by atoms with Crippen molar-refractivity contribution in [3.8, 4) is 11.5 Å². The molecule has 1 rings (SSSR count). The molecule has 23 heavy (non-hydrogen) atoms. The van der Waals surface area contributed by atoms with E-state index in [1.165, 1.54) is 0 Å². The van der Waals surface area contributed by atoms with Crippen molar-refractivity contribution < 1.29 is 19.4 Å². The van der Waals surface area contributed by atoms with Gasteiger partial charge in [0, 0.05) is 0 Å². The molecule has 0 aromatic heterocycles. The van der Waals surface area contributed by atoms with Crippen molar-refractivity contribution in [2.45, 2.75) is 19.3 Å². The predicted octanol–water partition coefficient (Wildman–Crippen LogP) is 1.41. The number of carboxylic acid groups (broad SMARTS) is 1. The summed E-state index contributed by atoms with van der Waals surface area (Å²) in [7, 11) is 7.25. The second kappa shape index (κ2) is 10.1. The van der Waals surface area contributed by atoms with E-state index < -0.39 is 5.97 Å². The van der Waals surface area contributed by atoms with Crippen LogP contribution in [0.1, 0.15) is 17.5 Å². The molecule has 0 bridgehead atoms. The Balaban J connectivity index is 2.68. The summed E-state index contributed by atoms with van der Waals surface area (Å²) < 4.78 is 10.6. The zero-order chi connectivity index (χ0) is 17.2. The van der Waals surface area contributed by atoms with Crippen LogP contribution in [-0.2, 0) is 17.6 Å². The minimum absolute atomic E-state index is 0.0175. The van der Waals surface area contributed by atoms with Crippen molar-refractivity contribution >= 4 is 5.97 Å². The lowest BCUT2D eigenvalue weighted by molar-refractivity contribution is -0.136. The van der Waals surface area contributed by atoms with E-state index >= 15 is 0 Å². The van der Waals surface area contributed by atoms with Crippen LogP contribution in [0, 0.1) is 0 Å². The number of hydrogen-bond donors (Lipinski definition) is 2. The minimum atomic E-state index is -0.850. The molecule has 1 aromatic carbocycles. The number of rotatable bonds is 11. The lowest BCUT2D eigenvalue weighted by Gasteiger charge is -2.15. The van der Waals surface area contributed by atoms with Crippen molar-refractivity contribution in [2.75, 3.05) is 47.9 Å². The molecule has 0 fully saturated rings. The molecule has 6 heteroatoms. The number of ether oxygens (including phenoxy) is 2. The average Bonchev–Trinajstić information content (AvgIpc) is 2.50. The van der Waals surface area contributed by atoms with Crippen LogP contribution < -0.4 is 14.8 Å². The molecular weight excluding hydrogens is 296 g/mol. The highest BCUT2D eigenvalue weighted by Crippen LogP contribution is 2.31. The van der Waals surface area contributed by atoms with Gasteiger partial charge in [-0.05, 0) is 69.8 Å². The number of aliphatic carboxylic acids is 1. The van der Waals surface area contributed by atoms with Gasteiger partial charge in [0.05, 0.1) is 20.6 Å². The van der Waals surface area contributed by atoms with Gasteiger partial charge >= 0.3 is 5.97 Å². The first-order chi connectivity index (χ1) is 11.0. The molecule has 0 radical (unpaired) electrons. The largest absolute Gasteiger partial charge is 0.493 e. The molecular formula is C17H28N2O4. The third-order valence-corrected chi connectivity index (χ3v) is 3.58. The monoisotopic (exact) mass is 324 g/mol. The SMILES string of the molecule is COc1cc(CCNCCCN(C)C)c(CC(=O)O)cc1OC. The molecule has 0 amide bonds. The molecule has 0 atom stereocenters. The number of carbonyl (C=O) groups is 1. The Labute approximate surface area is 138 Å². The maximum Gasteiger partial charge on any atom is 0.307 e. The summed E-state index contributed by atoms with van der Waals surface area (Å²) in [5, 5.41) is 12.5. The highest BCUT2D eigenvalue weighted by atomic mass is 16.5. The smallest absolute Gasteiger partial charge is 0.307 e.